The first-order valence-electron chi connectivity index (χ1n) is 11.8. The Bertz CT molecular complexity index is 533. The van der Waals surface area contributed by atoms with Gasteiger partial charge in [0.2, 0.25) is 0 Å². The topological polar surface area (TPSA) is 0 Å². The van der Waals surface area contributed by atoms with Gasteiger partial charge in [-0.3, -0.25) is 0 Å². The van der Waals surface area contributed by atoms with Crippen LogP contribution in [0.3, 0.4) is 0 Å². The number of hydrogen-bond acceptors (Lipinski definition) is 0. The Labute approximate surface area is 181 Å². The van der Waals surface area contributed by atoms with E-state index < -0.39 is 23.2 Å². The van der Waals surface area contributed by atoms with Gasteiger partial charge in [-0.05, 0) is 0 Å². The average molecular weight is 446 g/mol. The van der Waals surface area contributed by atoms with Crippen molar-refractivity contribution >= 4 is 0 Å². The Hall–Kier alpha value is -0.157. The second-order valence-corrected chi connectivity index (χ2v) is 11.6. The molecule has 2 rings (SSSR count). The predicted molar refractivity (Wildman–Crippen MR) is 118 cm³/mol. The van der Waals surface area contributed by atoms with Gasteiger partial charge in [-0.2, -0.15) is 0 Å². The first kappa shape index (κ1) is 23.1. The van der Waals surface area contributed by atoms with E-state index >= 15 is 0 Å². The third-order valence-electron chi connectivity index (χ3n) is 6.10. The third-order valence-corrected chi connectivity index (χ3v) is 9.91. The fraction of sp³-hybridized carbons (Fsp3) is 0.692. The summed E-state index contributed by atoms with van der Waals surface area (Å²) < 4.78 is 3.71. The number of unbranched alkanes of at least 4 members (excludes halogenated alkanes) is 4. The van der Waals surface area contributed by atoms with Crippen LogP contribution in [0.1, 0.15) is 118 Å². The van der Waals surface area contributed by atoms with Crippen LogP contribution in [0.15, 0.2) is 41.0 Å². The summed E-state index contributed by atoms with van der Waals surface area (Å²) in [4.78, 5) is 0. The van der Waals surface area contributed by atoms with Crippen LogP contribution in [-0.2, 0) is 23.2 Å². The zero-order valence-electron chi connectivity index (χ0n) is 18.6. The van der Waals surface area contributed by atoms with Gasteiger partial charge in [0, 0.05) is 0 Å². The van der Waals surface area contributed by atoms with Crippen molar-refractivity contribution in [3.63, 3.8) is 0 Å². The Morgan fingerprint density at radius 2 is 0.963 bits per heavy atom. The molecule has 1 heteroatoms. The number of allylic oxidation sites excluding steroid dienone is 8. The average Bonchev–Trinajstić information content (AvgIpc) is 3.25. The van der Waals surface area contributed by atoms with Crippen LogP contribution in [0, 0.1) is 0 Å². The van der Waals surface area contributed by atoms with Crippen molar-refractivity contribution < 1.29 is 23.2 Å². The quantitative estimate of drug-likeness (QED) is 0.250. The van der Waals surface area contributed by atoms with E-state index in [9.17, 15) is 0 Å². The van der Waals surface area contributed by atoms with E-state index in [-0.39, 0.29) is 0 Å². The summed E-state index contributed by atoms with van der Waals surface area (Å²) in [5.41, 5.74) is 7.28. The van der Waals surface area contributed by atoms with Crippen LogP contribution in [0.2, 0.25) is 0 Å². The van der Waals surface area contributed by atoms with Crippen LogP contribution in [0.25, 0.3) is 0 Å². The summed E-state index contributed by atoms with van der Waals surface area (Å²) in [6.45, 7) is 9.35. The Morgan fingerprint density at radius 1 is 0.593 bits per heavy atom. The van der Waals surface area contributed by atoms with Gasteiger partial charge in [0.25, 0.3) is 0 Å². The molecule has 0 N–H and O–H groups in total. The molecule has 0 nitrogen and oxygen atoms in total. The van der Waals surface area contributed by atoms with E-state index in [0.29, 0.717) is 0 Å². The molecule has 0 radical (unpaired) electrons. The SMILES string of the molecule is CCCCC1=C(CCCC)[C]([Zr][C]2=CCC(CCCC)=C2CCCC)=CC1. The Balaban J connectivity index is 2.12. The molecule has 0 bridgehead atoms. The third kappa shape index (κ3) is 6.99. The molecule has 150 valence electrons. The molecule has 0 aromatic rings. The molecular weight excluding hydrogens is 404 g/mol. The van der Waals surface area contributed by atoms with Crippen molar-refractivity contribution in [1.82, 2.24) is 0 Å². The van der Waals surface area contributed by atoms with Gasteiger partial charge in [0.1, 0.15) is 0 Å². The number of hydrogen-bond donors (Lipinski definition) is 0. The van der Waals surface area contributed by atoms with Crippen LogP contribution in [0.5, 0.6) is 0 Å². The minimum absolute atomic E-state index is 0.627. The van der Waals surface area contributed by atoms with Gasteiger partial charge >= 0.3 is 182 Å². The van der Waals surface area contributed by atoms with Gasteiger partial charge in [-0.1, -0.05) is 0 Å². The summed E-state index contributed by atoms with van der Waals surface area (Å²) in [5, 5.41) is 0. The number of rotatable bonds is 14. The van der Waals surface area contributed by atoms with E-state index in [0.717, 1.165) is 0 Å². The molecule has 0 aromatic heterocycles. The summed E-state index contributed by atoms with van der Waals surface area (Å²) in [5.74, 6) is 0. The Kier molecular flexibility index (Phi) is 11.3. The van der Waals surface area contributed by atoms with Crippen molar-refractivity contribution in [2.75, 3.05) is 0 Å². The molecule has 0 aromatic carbocycles. The summed E-state index contributed by atoms with van der Waals surface area (Å²) in [6.07, 6.45) is 24.1. The standard InChI is InChI=1S/2C13H21.Zr/c2*1-3-5-8-12-10-7-11-13(12)9-6-4-2;/h2*7H,3-6,8-10H2,1-2H3;. The van der Waals surface area contributed by atoms with Gasteiger partial charge < -0.3 is 0 Å². The van der Waals surface area contributed by atoms with Crippen molar-refractivity contribution in [1.29, 1.82) is 0 Å². The molecule has 27 heavy (non-hydrogen) atoms. The first-order valence-corrected chi connectivity index (χ1v) is 14.3. The van der Waals surface area contributed by atoms with Crippen LogP contribution in [-0.4, -0.2) is 0 Å². The van der Waals surface area contributed by atoms with E-state index in [2.05, 4.69) is 39.8 Å². The van der Waals surface area contributed by atoms with E-state index in [4.69, 9.17) is 0 Å². The van der Waals surface area contributed by atoms with Crippen LogP contribution in [0.4, 0.5) is 0 Å². The predicted octanol–water partition coefficient (Wildman–Crippen LogP) is 9.00. The molecule has 0 spiro atoms. The second-order valence-electron chi connectivity index (χ2n) is 8.35. The van der Waals surface area contributed by atoms with E-state index in [1.54, 1.807) is 0 Å². The van der Waals surface area contributed by atoms with Gasteiger partial charge in [-0.25, -0.2) is 0 Å². The maximum absolute atomic E-state index is 2.66. The second kappa shape index (κ2) is 13.1. The molecule has 0 heterocycles. The molecule has 2 aliphatic rings. The van der Waals surface area contributed by atoms with Crippen molar-refractivity contribution in [3.8, 4) is 0 Å². The van der Waals surface area contributed by atoms with Crippen molar-refractivity contribution in [2.45, 2.75) is 118 Å². The van der Waals surface area contributed by atoms with E-state index in [1.807, 2.05) is 28.9 Å². The summed E-state index contributed by atoms with van der Waals surface area (Å²) in [6, 6.07) is 0. The normalized spacial score (nSPS) is 17.0. The molecule has 0 unspecified atom stereocenters. The van der Waals surface area contributed by atoms with Gasteiger partial charge in [0.05, 0.1) is 0 Å². The van der Waals surface area contributed by atoms with Crippen LogP contribution >= 0.6 is 0 Å². The molecule has 0 atom stereocenters. The summed E-state index contributed by atoms with van der Waals surface area (Å²) >= 11 is -0.627. The molecular formula is C26H42Zr. The zero-order chi connectivity index (χ0) is 19.5. The monoisotopic (exact) mass is 444 g/mol. The molecule has 0 amide bonds. The zero-order valence-corrected chi connectivity index (χ0v) is 21.0. The van der Waals surface area contributed by atoms with Crippen LogP contribution < -0.4 is 0 Å². The minimum atomic E-state index is -0.627. The first-order chi connectivity index (χ1) is 13.2. The fourth-order valence-corrected chi connectivity index (χ4v) is 8.28. The summed E-state index contributed by atoms with van der Waals surface area (Å²) in [7, 11) is 0. The van der Waals surface area contributed by atoms with Gasteiger partial charge in [-0.15, -0.1) is 0 Å². The fourth-order valence-electron chi connectivity index (χ4n) is 4.34. The molecule has 0 saturated heterocycles. The Morgan fingerprint density at radius 3 is 1.33 bits per heavy atom. The molecule has 0 aliphatic heterocycles. The maximum atomic E-state index is 2.66. The van der Waals surface area contributed by atoms with E-state index in [1.165, 1.54) is 89.9 Å². The molecule has 0 fully saturated rings. The van der Waals surface area contributed by atoms with Crippen molar-refractivity contribution in [2.24, 2.45) is 0 Å². The van der Waals surface area contributed by atoms with Crippen molar-refractivity contribution in [3.05, 3.63) is 41.0 Å². The van der Waals surface area contributed by atoms with Gasteiger partial charge in [0.15, 0.2) is 0 Å². The molecule has 0 saturated carbocycles. The molecule has 2 aliphatic carbocycles.